The fourth-order valence-electron chi connectivity index (χ4n) is 2.43. The number of carbonyl (C=O) groups excluding carboxylic acids is 2. The van der Waals surface area contributed by atoms with Gasteiger partial charge in [0.2, 0.25) is 21.8 Å². The van der Waals surface area contributed by atoms with Crippen LogP contribution in [0, 0.1) is 5.92 Å². The van der Waals surface area contributed by atoms with Crippen LogP contribution < -0.4 is 15.4 Å². The summed E-state index contributed by atoms with van der Waals surface area (Å²) in [5.74, 6) is -0.613. The van der Waals surface area contributed by atoms with E-state index in [9.17, 15) is 18.0 Å². The van der Waals surface area contributed by atoms with E-state index in [-0.39, 0.29) is 29.5 Å². The highest BCUT2D eigenvalue weighted by Crippen LogP contribution is 2.09. The summed E-state index contributed by atoms with van der Waals surface area (Å²) in [5, 5.41) is 5.44. The Morgan fingerprint density at radius 3 is 2.00 bits per heavy atom. The summed E-state index contributed by atoms with van der Waals surface area (Å²) in [6.07, 6.45) is 0. The van der Waals surface area contributed by atoms with Crippen molar-refractivity contribution in [1.29, 1.82) is 0 Å². The van der Waals surface area contributed by atoms with Crippen LogP contribution in [-0.4, -0.2) is 32.3 Å². The third-order valence-corrected chi connectivity index (χ3v) is 5.11. The van der Waals surface area contributed by atoms with Gasteiger partial charge in [0.1, 0.15) is 6.04 Å². The van der Waals surface area contributed by atoms with E-state index < -0.39 is 16.1 Å². The number of hydrogen-bond donors (Lipinski definition) is 3. The number of sulfonamides is 1. The maximum Gasteiger partial charge on any atom is 0.243 e. The molecule has 1 unspecified atom stereocenters. The number of amides is 2. The molecule has 3 N–H and O–H groups in total. The van der Waals surface area contributed by atoms with Crippen molar-refractivity contribution in [3.63, 3.8) is 0 Å². The van der Waals surface area contributed by atoms with Crippen LogP contribution in [0.5, 0.6) is 0 Å². The monoisotopic (exact) mass is 383 g/mol. The molecule has 1 atom stereocenters. The van der Waals surface area contributed by atoms with Gasteiger partial charge in [0.05, 0.1) is 5.75 Å². The van der Waals surface area contributed by atoms with Crippen molar-refractivity contribution >= 4 is 21.8 Å². The van der Waals surface area contributed by atoms with Crippen molar-refractivity contribution in [3.05, 3.63) is 35.4 Å². The minimum atomic E-state index is -3.36. The largest absolute Gasteiger partial charge is 0.350 e. The van der Waals surface area contributed by atoms with E-state index >= 15 is 0 Å². The quantitative estimate of drug-likeness (QED) is 0.598. The maximum atomic E-state index is 12.2. The Labute approximate surface area is 156 Å². The van der Waals surface area contributed by atoms with Gasteiger partial charge in [0.25, 0.3) is 0 Å². The Bertz CT molecular complexity index is 712. The second-order valence-corrected chi connectivity index (χ2v) is 8.74. The first kappa shape index (κ1) is 22.1. The minimum Gasteiger partial charge on any atom is -0.350 e. The molecule has 1 aromatic carbocycles. The topological polar surface area (TPSA) is 104 Å². The van der Waals surface area contributed by atoms with Crippen LogP contribution in [0.1, 0.15) is 45.7 Å². The molecule has 7 nitrogen and oxygen atoms in total. The van der Waals surface area contributed by atoms with E-state index in [2.05, 4.69) is 15.4 Å². The van der Waals surface area contributed by atoms with Crippen LogP contribution in [0.2, 0.25) is 0 Å². The van der Waals surface area contributed by atoms with Gasteiger partial charge in [-0.2, -0.15) is 0 Å². The van der Waals surface area contributed by atoms with Gasteiger partial charge >= 0.3 is 0 Å². The lowest BCUT2D eigenvalue weighted by atomic mass is 10.0. The van der Waals surface area contributed by atoms with Crippen LogP contribution in [-0.2, 0) is 31.9 Å². The molecule has 0 fully saturated rings. The third-order valence-electron chi connectivity index (χ3n) is 3.57. The van der Waals surface area contributed by atoms with Crippen LogP contribution in [0.15, 0.2) is 24.3 Å². The zero-order valence-corrected chi connectivity index (χ0v) is 16.8. The van der Waals surface area contributed by atoms with Gasteiger partial charge in [0.15, 0.2) is 0 Å². The van der Waals surface area contributed by atoms with E-state index in [1.54, 1.807) is 38.1 Å². The van der Waals surface area contributed by atoms with Crippen molar-refractivity contribution in [2.45, 2.75) is 59.0 Å². The molecular formula is C18H29N3O4S. The van der Waals surface area contributed by atoms with Gasteiger partial charge in [-0.1, -0.05) is 38.1 Å². The van der Waals surface area contributed by atoms with Crippen molar-refractivity contribution < 1.29 is 18.0 Å². The molecule has 0 aliphatic carbocycles. The van der Waals surface area contributed by atoms with Crippen molar-refractivity contribution in [3.8, 4) is 0 Å². The lowest BCUT2D eigenvalue weighted by Crippen LogP contribution is -2.48. The minimum absolute atomic E-state index is 0.0278. The highest BCUT2D eigenvalue weighted by atomic mass is 32.2. The first-order chi connectivity index (χ1) is 12.0. The average Bonchev–Trinajstić information content (AvgIpc) is 2.49. The summed E-state index contributed by atoms with van der Waals surface area (Å²) in [6, 6.07) is 6.29. The Morgan fingerprint density at radius 2 is 1.54 bits per heavy atom. The van der Waals surface area contributed by atoms with Gasteiger partial charge in [-0.3, -0.25) is 9.59 Å². The standard InChI is InChI=1S/C18H29N3O4S/c1-12(2)17(20-14(5)22)18(23)19-10-15-6-8-16(9-7-15)11-26(24,25)21-13(3)4/h6-9,12-13,17,21H,10-11H2,1-5H3,(H,19,23)(H,20,22). The van der Waals surface area contributed by atoms with Gasteiger partial charge < -0.3 is 10.6 Å². The summed E-state index contributed by atoms with van der Waals surface area (Å²) >= 11 is 0. The summed E-state index contributed by atoms with van der Waals surface area (Å²) < 4.78 is 26.4. The molecule has 1 aromatic rings. The van der Waals surface area contributed by atoms with E-state index in [4.69, 9.17) is 0 Å². The van der Waals surface area contributed by atoms with Gasteiger partial charge in [0, 0.05) is 19.5 Å². The molecule has 0 heterocycles. The molecule has 26 heavy (non-hydrogen) atoms. The lowest BCUT2D eigenvalue weighted by molar-refractivity contribution is -0.129. The maximum absolute atomic E-state index is 12.2. The third kappa shape index (κ3) is 7.97. The second kappa shape index (κ2) is 9.68. The molecule has 0 saturated heterocycles. The Hall–Kier alpha value is -1.93. The van der Waals surface area contributed by atoms with E-state index in [1.165, 1.54) is 6.92 Å². The summed E-state index contributed by atoms with van der Waals surface area (Å²) in [5.41, 5.74) is 1.52. The molecule has 0 bridgehead atoms. The number of hydrogen-bond acceptors (Lipinski definition) is 4. The predicted molar refractivity (Wildman–Crippen MR) is 102 cm³/mol. The molecular weight excluding hydrogens is 354 g/mol. The van der Waals surface area contributed by atoms with Crippen LogP contribution in [0.25, 0.3) is 0 Å². The van der Waals surface area contributed by atoms with Crippen LogP contribution in [0.4, 0.5) is 0 Å². The second-order valence-electron chi connectivity index (χ2n) is 6.99. The summed E-state index contributed by atoms with van der Waals surface area (Å²) in [6.45, 7) is 8.95. The molecule has 0 spiro atoms. The average molecular weight is 384 g/mol. The van der Waals surface area contributed by atoms with Gasteiger partial charge in [-0.15, -0.1) is 0 Å². The van der Waals surface area contributed by atoms with Gasteiger partial charge in [-0.25, -0.2) is 13.1 Å². The lowest BCUT2D eigenvalue weighted by Gasteiger charge is -2.21. The molecule has 8 heteroatoms. The molecule has 0 saturated carbocycles. The molecule has 0 aromatic heterocycles. The Morgan fingerprint density at radius 1 is 1.00 bits per heavy atom. The highest BCUT2D eigenvalue weighted by molar-refractivity contribution is 7.88. The van der Waals surface area contributed by atoms with E-state index in [0.717, 1.165) is 5.56 Å². The van der Waals surface area contributed by atoms with Crippen LogP contribution >= 0.6 is 0 Å². The van der Waals surface area contributed by atoms with Crippen molar-refractivity contribution in [1.82, 2.24) is 15.4 Å². The molecule has 0 radical (unpaired) electrons. The smallest absolute Gasteiger partial charge is 0.243 e. The number of rotatable bonds is 9. The number of carbonyl (C=O) groups is 2. The Kier molecular flexibility index (Phi) is 8.23. The molecule has 0 aliphatic heterocycles. The normalized spacial score (nSPS) is 12.9. The molecule has 1 rings (SSSR count). The fourth-order valence-corrected chi connectivity index (χ4v) is 3.86. The zero-order valence-electron chi connectivity index (χ0n) is 16.0. The first-order valence-electron chi connectivity index (χ1n) is 8.63. The number of benzene rings is 1. The first-order valence-corrected chi connectivity index (χ1v) is 10.3. The fraction of sp³-hybridized carbons (Fsp3) is 0.556. The van der Waals surface area contributed by atoms with Crippen molar-refractivity contribution in [2.24, 2.45) is 5.92 Å². The SMILES string of the molecule is CC(=O)NC(C(=O)NCc1ccc(CS(=O)(=O)NC(C)C)cc1)C(C)C. The summed E-state index contributed by atoms with van der Waals surface area (Å²) in [4.78, 5) is 23.4. The zero-order chi connectivity index (χ0) is 19.9. The van der Waals surface area contributed by atoms with Gasteiger partial charge in [-0.05, 0) is 30.9 Å². The molecule has 146 valence electrons. The number of nitrogens with one attached hydrogen (secondary N) is 3. The van der Waals surface area contributed by atoms with E-state index in [1.807, 2.05) is 13.8 Å². The summed E-state index contributed by atoms with van der Waals surface area (Å²) in [7, 11) is -3.36. The van der Waals surface area contributed by atoms with Crippen molar-refractivity contribution in [2.75, 3.05) is 0 Å². The van der Waals surface area contributed by atoms with Crippen LogP contribution in [0.3, 0.4) is 0 Å². The predicted octanol–water partition coefficient (Wildman–Crippen LogP) is 1.29. The molecule has 2 amide bonds. The Balaban J connectivity index is 2.64. The molecule has 0 aliphatic rings. The highest BCUT2D eigenvalue weighted by Gasteiger charge is 2.22. The van der Waals surface area contributed by atoms with E-state index in [0.29, 0.717) is 12.1 Å².